The summed E-state index contributed by atoms with van der Waals surface area (Å²) in [5, 5.41) is 4.01. The lowest BCUT2D eigenvalue weighted by molar-refractivity contribution is -0.137. The molecule has 0 N–H and O–H groups in total. The summed E-state index contributed by atoms with van der Waals surface area (Å²) in [6.45, 7) is 7.58. The minimum atomic E-state index is -4.56. The predicted octanol–water partition coefficient (Wildman–Crippen LogP) is 7.20. The Bertz CT molecular complexity index is 1440. The maximum Gasteiger partial charge on any atom is 0.417 e. The first-order valence-corrected chi connectivity index (χ1v) is 11.8. The van der Waals surface area contributed by atoms with Gasteiger partial charge in [-0.1, -0.05) is 53.7 Å². The van der Waals surface area contributed by atoms with Crippen molar-refractivity contribution in [2.75, 3.05) is 7.05 Å². The standard InChI is InChI=1S/C29H28F3N3O2/c1-18-9-6-7-12-23(18)24-14-13-22(16-25(24)29(30,31)32)27-33-26(34-37-27)21-11-8-10-20(15-21)17-35(5)28(3,4)19(2)36/h6-16H,17H2,1-5H3. The zero-order chi connectivity index (χ0) is 27.0. The smallest absolute Gasteiger partial charge is 0.334 e. The molecule has 0 spiro atoms. The highest BCUT2D eigenvalue weighted by Gasteiger charge is 2.35. The molecule has 0 fully saturated rings. The Balaban J connectivity index is 1.66. The van der Waals surface area contributed by atoms with E-state index in [-0.39, 0.29) is 28.6 Å². The number of aromatic nitrogens is 2. The van der Waals surface area contributed by atoms with Gasteiger partial charge >= 0.3 is 6.18 Å². The Morgan fingerprint density at radius 3 is 2.35 bits per heavy atom. The van der Waals surface area contributed by atoms with Crippen molar-refractivity contribution in [1.29, 1.82) is 0 Å². The first-order valence-electron chi connectivity index (χ1n) is 11.8. The third-order valence-corrected chi connectivity index (χ3v) is 6.85. The zero-order valence-corrected chi connectivity index (χ0v) is 21.3. The lowest BCUT2D eigenvalue weighted by Crippen LogP contribution is -2.46. The van der Waals surface area contributed by atoms with Crippen LogP contribution in [0.2, 0.25) is 0 Å². The molecule has 4 aromatic rings. The molecule has 0 bridgehead atoms. The van der Waals surface area contributed by atoms with Gasteiger partial charge in [0.05, 0.1) is 11.1 Å². The normalized spacial score (nSPS) is 12.2. The Hall–Kier alpha value is -3.78. The summed E-state index contributed by atoms with van der Waals surface area (Å²) in [7, 11) is 1.87. The summed E-state index contributed by atoms with van der Waals surface area (Å²) in [5.74, 6) is 0.319. The Morgan fingerprint density at radius 1 is 0.946 bits per heavy atom. The summed E-state index contributed by atoms with van der Waals surface area (Å²) in [6.07, 6.45) is -4.56. The molecule has 5 nitrogen and oxygen atoms in total. The minimum absolute atomic E-state index is 0.00272. The first kappa shape index (κ1) is 26.3. The number of carbonyl (C=O) groups is 1. The van der Waals surface area contributed by atoms with Crippen LogP contribution in [0.25, 0.3) is 34.0 Å². The van der Waals surface area contributed by atoms with Crippen LogP contribution < -0.4 is 0 Å². The molecule has 0 saturated heterocycles. The van der Waals surface area contributed by atoms with Crippen molar-refractivity contribution in [2.24, 2.45) is 0 Å². The second-order valence-electron chi connectivity index (χ2n) is 9.67. The van der Waals surface area contributed by atoms with Crippen LogP contribution in [0, 0.1) is 6.92 Å². The van der Waals surface area contributed by atoms with Gasteiger partial charge in [-0.15, -0.1) is 0 Å². The lowest BCUT2D eigenvalue weighted by Gasteiger charge is -2.33. The molecule has 0 aliphatic carbocycles. The van der Waals surface area contributed by atoms with Gasteiger partial charge in [0.15, 0.2) is 0 Å². The number of Topliss-reactive ketones (excluding diaryl/α,β-unsaturated/α-hetero) is 1. The van der Waals surface area contributed by atoms with Gasteiger partial charge in [-0.2, -0.15) is 18.2 Å². The van der Waals surface area contributed by atoms with E-state index in [1.165, 1.54) is 6.07 Å². The van der Waals surface area contributed by atoms with Crippen molar-refractivity contribution >= 4 is 5.78 Å². The van der Waals surface area contributed by atoms with Crippen molar-refractivity contribution in [1.82, 2.24) is 15.0 Å². The van der Waals surface area contributed by atoms with E-state index in [1.807, 2.05) is 44.0 Å². The molecular weight excluding hydrogens is 479 g/mol. The SMILES string of the molecule is CC(=O)C(C)(C)N(C)Cc1cccc(-c2noc(-c3ccc(-c4ccccc4C)c(C(F)(F)F)c3)n2)c1. The molecule has 0 amide bonds. The number of ketones is 1. The van der Waals surface area contributed by atoms with E-state index in [0.717, 1.165) is 17.2 Å². The number of carbonyl (C=O) groups excluding carboxylic acids is 1. The minimum Gasteiger partial charge on any atom is -0.334 e. The number of aryl methyl sites for hydroxylation is 1. The van der Waals surface area contributed by atoms with E-state index in [1.54, 1.807) is 50.2 Å². The molecule has 8 heteroatoms. The average Bonchev–Trinajstić information content (AvgIpc) is 3.34. The average molecular weight is 508 g/mol. The molecule has 4 rings (SSSR count). The number of halogens is 3. The monoisotopic (exact) mass is 507 g/mol. The topological polar surface area (TPSA) is 59.2 Å². The highest BCUT2D eigenvalue weighted by molar-refractivity contribution is 5.85. The van der Waals surface area contributed by atoms with Gasteiger partial charge in [-0.25, -0.2) is 0 Å². The summed E-state index contributed by atoms with van der Waals surface area (Å²) >= 11 is 0. The summed E-state index contributed by atoms with van der Waals surface area (Å²) in [5.41, 5.74) is 1.74. The number of alkyl halides is 3. The van der Waals surface area contributed by atoms with Gasteiger partial charge in [0.2, 0.25) is 5.82 Å². The third kappa shape index (κ3) is 5.49. The maximum absolute atomic E-state index is 14.0. The molecule has 0 aliphatic heterocycles. The molecule has 1 aromatic heterocycles. The lowest BCUT2D eigenvalue weighted by atomic mass is 9.94. The van der Waals surface area contributed by atoms with Crippen molar-refractivity contribution in [3.05, 3.63) is 83.4 Å². The number of likely N-dealkylation sites (N-methyl/N-ethyl adjacent to an activating group) is 1. The van der Waals surface area contributed by atoms with E-state index >= 15 is 0 Å². The fraction of sp³-hybridized carbons (Fsp3) is 0.276. The highest BCUT2D eigenvalue weighted by Crippen LogP contribution is 2.40. The van der Waals surface area contributed by atoms with Crippen LogP contribution in [0.15, 0.2) is 71.3 Å². The Morgan fingerprint density at radius 2 is 1.68 bits per heavy atom. The highest BCUT2D eigenvalue weighted by atomic mass is 19.4. The number of benzene rings is 3. The van der Waals surface area contributed by atoms with Crippen LogP contribution in [0.5, 0.6) is 0 Å². The third-order valence-electron chi connectivity index (χ3n) is 6.85. The molecule has 192 valence electrons. The van der Waals surface area contributed by atoms with Crippen LogP contribution >= 0.6 is 0 Å². The molecule has 3 aromatic carbocycles. The van der Waals surface area contributed by atoms with Crippen molar-refractivity contribution in [3.8, 4) is 34.0 Å². The second-order valence-corrected chi connectivity index (χ2v) is 9.67. The van der Waals surface area contributed by atoms with E-state index in [9.17, 15) is 18.0 Å². The number of hydrogen-bond donors (Lipinski definition) is 0. The van der Waals surface area contributed by atoms with Crippen LogP contribution in [0.3, 0.4) is 0 Å². The Kier molecular flexibility index (Phi) is 7.06. The van der Waals surface area contributed by atoms with E-state index in [4.69, 9.17) is 4.52 Å². The molecule has 0 radical (unpaired) electrons. The molecular formula is C29H28F3N3O2. The molecule has 1 heterocycles. The van der Waals surface area contributed by atoms with Crippen molar-refractivity contribution < 1.29 is 22.5 Å². The van der Waals surface area contributed by atoms with Gasteiger partial charge in [0, 0.05) is 17.7 Å². The second kappa shape index (κ2) is 9.94. The maximum atomic E-state index is 14.0. The number of nitrogens with zero attached hydrogens (tertiary/aromatic N) is 3. The van der Waals surface area contributed by atoms with Crippen molar-refractivity contribution in [3.63, 3.8) is 0 Å². The van der Waals surface area contributed by atoms with Crippen LogP contribution in [0.1, 0.15) is 37.5 Å². The zero-order valence-electron chi connectivity index (χ0n) is 21.3. The largest absolute Gasteiger partial charge is 0.417 e. The molecule has 0 aliphatic rings. The van der Waals surface area contributed by atoms with Crippen LogP contribution in [0.4, 0.5) is 13.2 Å². The fourth-order valence-corrected chi connectivity index (χ4v) is 4.03. The number of rotatable bonds is 7. The molecule has 0 saturated carbocycles. The summed E-state index contributed by atoms with van der Waals surface area (Å²) < 4.78 is 47.4. The van der Waals surface area contributed by atoms with Crippen molar-refractivity contribution in [2.45, 2.75) is 46.0 Å². The van der Waals surface area contributed by atoms with Gasteiger partial charge in [-0.05, 0) is 75.2 Å². The van der Waals surface area contributed by atoms with Gasteiger partial charge < -0.3 is 4.52 Å². The van der Waals surface area contributed by atoms with Crippen LogP contribution in [-0.4, -0.2) is 33.4 Å². The molecule has 0 unspecified atom stereocenters. The van der Waals surface area contributed by atoms with Crippen LogP contribution in [-0.2, 0) is 17.5 Å². The first-order chi connectivity index (χ1) is 17.4. The summed E-state index contributed by atoms with van der Waals surface area (Å²) in [4.78, 5) is 18.3. The molecule has 37 heavy (non-hydrogen) atoms. The van der Waals surface area contributed by atoms with Gasteiger partial charge in [0.25, 0.3) is 5.89 Å². The quantitative estimate of drug-likeness (QED) is 0.265. The van der Waals surface area contributed by atoms with Gasteiger partial charge in [-0.3, -0.25) is 9.69 Å². The van der Waals surface area contributed by atoms with E-state index in [2.05, 4.69) is 10.1 Å². The fourth-order valence-electron chi connectivity index (χ4n) is 4.03. The number of hydrogen-bond acceptors (Lipinski definition) is 5. The van der Waals surface area contributed by atoms with E-state index in [0.29, 0.717) is 17.7 Å². The Labute approximate surface area is 213 Å². The molecule has 0 atom stereocenters. The van der Waals surface area contributed by atoms with Gasteiger partial charge in [0.1, 0.15) is 5.78 Å². The predicted molar refractivity (Wildman–Crippen MR) is 137 cm³/mol. The van der Waals surface area contributed by atoms with E-state index < -0.39 is 17.3 Å². The summed E-state index contributed by atoms with van der Waals surface area (Å²) in [6, 6.07) is 18.5.